The smallest absolute Gasteiger partial charge is 0.325 e. The van der Waals surface area contributed by atoms with Gasteiger partial charge in [0.25, 0.3) is 5.91 Å². The van der Waals surface area contributed by atoms with Gasteiger partial charge < -0.3 is 10.1 Å². The molecule has 0 bridgehead atoms. The first-order valence-electron chi connectivity index (χ1n) is 11.0. The van der Waals surface area contributed by atoms with Gasteiger partial charge in [0.2, 0.25) is 0 Å². The molecule has 1 atom stereocenters. The standard InChI is InChI=1S/C24H28N4O3/c29-23-21(15-18-4-2-1-3-5-18)25-24(30)28(23)17-27-11-9-26(10-12-27)16-19-6-7-22-20(14-19)8-13-31-22/h1-7,14,21H,8-13,15-17H2,(H,25,30)/t21-/m1/s1. The van der Waals surface area contributed by atoms with E-state index in [1.807, 2.05) is 30.3 Å². The van der Waals surface area contributed by atoms with Crippen molar-refractivity contribution in [3.63, 3.8) is 0 Å². The van der Waals surface area contributed by atoms with Crippen molar-refractivity contribution in [1.29, 1.82) is 0 Å². The van der Waals surface area contributed by atoms with E-state index < -0.39 is 6.04 Å². The van der Waals surface area contributed by atoms with Gasteiger partial charge in [-0.25, -0.2) is 9.69 Å². The molecule has 0 spiro atoms. The first-order chi connectivity index (χ1) is 15.2. The van der Waals surface area contributed by atoms with Crippen molar-refractivity contribution in [2.24, 2.45) is 0 Å². The van der Waals surface area contributed by atoms with Crippen molar-refractivity contribution < 1.29 is 14.3 Å². The molecule has 0 radical (unpaired) electrons. The number of nitrogens with zero attached hydrogens (tertiary/aromatic N) is 3. The van der Waals surface area contributed by atoms with E-state index in [4.69, 9.17) is 4.74 Å². The maximum absolute atomic E-state index is 12.8. The van der Waals surface area contributed by atoms with Crippen molar-refractivity contribution in [3.8, 4) is 5.75 Å². The molecular formula is C24H28N4O3. The van der Waals surface area contributed by atoms with Crippen LogP contribution in [0.5, 0.6) is 5.75 Å². The van der Waals surface area contributed by atoms with Crippen LogP contribution in [0.2, 0.25) is 0 Å². The van der Waals surface area contributed by atoms with Gasteiger partial charge in [-0.3, -0.25) is 14.6 Å². The minimum atomic E-state index is -0.472. The van der Waals surface area contributed by atoms with Crippen molar-refractivity contribution in [2.45, 2.75) is 25.4 Å². The van der Waals surface area contributed by atoms with E-state index >= 15 is 0 Å². The lowest BCUT2D eigenvalue weighted by molar-refractivity contribution is -0.129. The minimum Gasteiger partial charge on any atom is -0.493 e. The highest BCUT2D eigenvalue weighted by atomic mass is 16.5. The molecule has 7 nitrogen and oxygen atoms in total. The summed E-state index contributed by atoms with van der Waals surface area (Å²) in [7, 11) is 0. The van der Waals surface area contributed by atoms with Crippen LogP contribution in [0.3, 0.4) is 0 Å². The predicted molar refractivity (Wildman–Crippen MR) is 117 cm³/mol. The molecule has 5 rings (SSSR count). The molecule has 2 aromatic carbocycles. The predicted octanol–water partition coefficient (Wildman–Crippen LogP) is 1.86. The summed E-state index contributed by atoms with van der Waals surface area (Å²) in [5, 5.41) is 2.84. The highest BCUT2D eigenvalue weighted by Gasteiger charge is 2.39. The van der Waals surface area contributed by atoms with Crippen LogP contribution in [0.25, 0.3) is 0 Å². The Balaban J connectivity index is 1.12. The van der Waals surface area contributed by atoms with E-state index in [1.165, 1.54) is 16.0 Å². The molecule has 3 heterocycles. The number of carbonyl (C=O) groups excluding carboxylic acids is 2. The summed E-state index contributed by atoms with van der Waals surface area (Å²) in [6.07, 6.45) is 1.52. The molecule has 0 unspecified atom stereocenters. The highest BCUT2D eigenvalue weighted by molar-refractivity contribution is 6.04. The van der Waals surface area contributed by atoms with Gasteiger partial charge in [0.05, 0.1) is 13.3 Å². The van der Waals surface area contributed by atoms with Crippen molar-refractivity contribution >= 4 is 11.9 Å². The van der Waals surface area contributed by atoms with Crippen LogP contribution in [0.15, 0.2) is 48.5 Å². The number of hydrogen-bond donors (Lipinski definition) is 1. The quantitative estimate of drug-likeness (QED) is 0.723. The van der Waals surface area contributed by atoms with Crippen LogP contribution in [-0.2, 0) is 24.2 Å². The maximum Gasteiger partial charge on any atom is 0.325 e. The van der Waals surface area contributed by atoms with Gasteiger partial charge >= 0.3 is 6.03 Å². The fourth-order valence-electron chi connectivity index (χ4n) is 4.58. The summed E-state index contributed by atoms with van der Waals surface area (Å²) >= 11 is 0. The fraction of sp³-hybridized carbons (Fsp3) is 0.417. The highest BCUT2D eigenvalue weighted by Crippen LogP contribution is 2.26. The molecule has 2 saturated heterocycles. The number of hydrogen-bond acceptors (Lipinski definition) is 5. The molecular weight excluding hydrogens is 392 g/mol. The second kappa shape index (κ2) is 8.69. The number of nitrogens with one attached hydrogen (secondary N) is 1. The lowest BCUT2D eigenvalue weighted by atomic mass is 10.1. The van der Waals surface area contributed by atoms with Gasteiger partial charge in [0.1, 0.15) is 11.8 Å². The Bertz CT molecular complexity index is 957. The van der Waals surface area contributed by atoms with Gasteiger partial charge in [-0.2, -0.15) is 0 Å². The number of imide groups is 1. The second-order valence-electron chi connectivity index (χ2n) is 8.53. The lowest BCUT2D eigenvalue weighted by Gasteiger charge is -2.36. The normalized spacial score (nSPS) is 21.8. The van der Waals surface area contributed by atoms with Crippen LogP contribution in [0, 0.1) is 0 Å². The van der Waals surface area contributed by atoms with Crippen LogP contribution < -0.4 is 10.1 Å². The average Bonchev–Trinajstić information content (AvgIpc) is 3.35. The van der Waals surface area contributed by atoms with E-state index in [-0.39, 0.29) is 11.9 Å². The molecule has 7 heteroatoms. The van der Waals surface area contributed by atoms with Gasteiger partial charge in [-0.15, -0.1) is 0 Å². The fourth-order valence-corrected chi connectivity index (χ4v) is 4.58. The molecule has 3 aliphatic rings. The first-order valence-corrected chi connectivity index (χ1v) is 11.0. The Labute approximate surface area is 182 Å². The summed E-state index contributed by atoms with van der Waals surface area (Å²) in [5.41, 5.74) is 3.67. The number of urea groups is 1. The third-order valence-electron chi connectivity index (χ3n) is 6.36. The van der Waals surface area contributed by atoms with E-state index in [1.54, 1.807) is 0 Å². The number of amides is 3. The Hall–Kier alpha value is -2.90. The summed E-state index contributed by atoms with van der Waals surface area (Å²) < 4.78 is 5.59. The molecule has 1 N–H and O–H groups in total. The molecule has 0 saturated carbocycles. The van der Waals surface area contributed by atoms with E-state index in [0.717, 1.165) is 57.1 Å². The second-order valence-corrected chi connectivity index (χ2v) is 8.53. The van der Waals surface area contributed by atoms with Gasteiger partial charge in [0, 0.05) is 45.6 Å². The average molecular weight is 421 g/mol. The van der Waals surface area contributed by atoms with Crippen LogP contribution in [0.1, 0.15) is 16.7 Å². The minimum absolute atomic E-state index is 0.128. The molecule has 31 heavy (non-hydrogen) atoms. The van der Waals surface area contributed by atoms with Gasteiger partial charge in [0.15, 0.2) is 0 Å². The SMILES string of the molecule is O=C1N[C@H](Cc2ccccc2)C(=O)N1CN1CCN(Cc2ccc3c(c2)CCO3)CC1. The summed E-state index contributed by atoms with van der Waals surface area (Å²) in [5.74, 6) is 0.893. The monoisotopic (exact) mass is 420 g/mol. The molecule has 162 valence electrons. The van der Waals surface area contributed by atoms with Crippen molar-refractivity contribution in [1.82, 2.24) is 20.0 Å². The number of benzene rings is 2. The van der Waals surface area contributed by atoms with E-state index in [0.29, 0.717) is 13.1 Å². The van der Waals surface area contributed by atoms with Crippen LogP contribution >= 0.6 is 0 Å². The Morgan fingerprint density at radius 1 is 0.935 bits per heavy atom. The maximum atomic E-state index is 12.8. The number of carbonyl (C=O) groups is 2. The summed E-state index contributed by atoms with van der Waals surface area (Å²) in [6.45, 7) is 5.59. The third-order valence-corrected chi connectivity index (χ3v) is 6.36. The van der Waals surface area contributed by atoms with Crippen molar-refractivity contribution in [2.75, 3.05) is 39.5 Å². The Morgan fingerprint density at radius 3 is 2.52 bits per heavy atom. The Morgan fingerprint density at radius 2 is 1.71 bits per heavy atom. The van der Waals surface area contributed by atoms with Gasteiger partial charge in [-0.05, 0) is 22.8 Å². The topological polar surface area (TPSA) is 65.1 Å². The first kappa shape index (κ1) is 20.0. The van der Waals surface area contributed by atoms with Crippen molar-refractivity contribution in [3.05, 3.63) is 65.2 Å². The zero-order chi connectivity index (χ0) is 21.2. The molecule has 2 aromatic rings. The van der Waals surface area contributed by atoms with Crippen LogP contribution in [0.4, 0.5) is 4.79 Å². The molecule has 0 aromatic heterocycles. The molecule has 3 aliphatic heterocycles. The van der Waals surface area contributed by atoms with E-state index in [9.17, 15) is 9.59 Å². The zero-order valence-electron chi connectivity index (χ0n) is 17.6. The number of ether oxygens (including phenoxy) is 1. The van der Waals surface area contributed by atoms with Crippen LogP contribution in [-0.4, -0.2) is 72.1 Å². The molecule has 0 aliphatic carbocycles. The third kappa shape index (κ3) is 4.43. The summed E-state index contributed by atoms with van der Waals surface area (Å²) in [6, 6.07) is 15.5. The molecule has 2 fully saturated rings. The van der Waals surface area contributed by atoms with Gasteiger partial charge in [-0.1, -0.05) is 42.5 Å². The number of piperazine rings is 1. The number of fused-ring (bicyclic) bond motifs is 1. The summed E-state index contributed by atoms with van der Waals surface area (Å²) in [4.78, 5) is 31.2. The molecule has 3 amide bonds. The largest absolute Gasteiger partial charge is 0.493 e. The lowest BCUT2D eigenvalue weighted by Crippen LogP contribution is -2.51. The van der Waals surface area contributed by atoms with E-state index in [2.05, 4.69) is 33.3 Å². The Kier molecular flexibility index (Phi) is 5.61. The number of rotatable bonds is 6. The zero-order valence-corrected chi connectivity index (χ0v) is 17.6.